The molecule has 0 aliphatic carbocycles. The largest absolute Gasteiger partial charge is 0.313 e. The van der Waals surface area contributed by atoms with Gasteiger partial charge in [0, 0.05) is 6.54 Å². The topological polar surface area (TPSA) is 12.0 Å². The normalized spacial score (nSPS) is 28.7. The second kappa shape index (κ2) is 3.46. The van der Waals surface area contributed by atoms with E-state index in [2.05, 4.69) is 5.32 Å². The maximum absolute atomic E-state index is 14.2. The minimum absolute atomic E-state index is 0.455. The van der Waals surface area contributed by atoms with Crippen LogP contribution in [-0.4, -0.2) is 13.1 Å². The molecule has 0 spiro atoms. The van der Waals surface area contributed by atoms with Crippen molar-refractivity contribution in [1.29, 1.82) is 0 Å². The number of benzene rings is 1. The Labute approximate surface area is 78.0 Å². The van der Waals surface area contributed by atoms with Crippen LogP contribution in [0, 0.1) is 0 Å². The fourth-order valence-electron chi connectivity index (χ4n) is 1.85. The summed E-state index contributed by atoms with van der Waals surface area (Å²) in [5, 5.41) is 3.10. The third-order valence-corrected chi connectivity index (χ3v) is 2.62. The molecule has 1 fully saturated rings. The Morgan fingerprint density at radius 1 is 1.23 bits per heavy atom. The summed E-state index contributed by atoms with van der Waals surface area (Å²) >= 11 is 0. The summed E-state index contributed by atoms with van der Waals surface area (Å²) in [6.07, 6.45) is 1.56. The Hall–Kier alpha value is -0.890. The molecule has 1 saturated heterocycles. The zero-order chi connectivity index (χ0) is 9.15. The van der Waals surface area contributed by atoms with Gasteiger partial charge in [0.2, 0.25) is 0 Å². The zero-order valence-corrected chi connectivity index (χ0v) is 7.59. The molecule has 0 saturated carbocycles. The van der Waals surface area contributed by atoms with Crippen LogP contribution in [0.15, 0.2) is 30.3 Å². The van der Waals surface area contributed by atoms with E-state index >= 15 is 0 Å². The maximum atomic E-state index is 14.2. The first kappa shape index (κ1) is 8.70. The highest BCUT2D eigenvalue weighted by atomic mass is 19.1. The second-order valence-corrected chi connectivity index (χ2v) is 3.61. The fraction of sp³-hybridized carbons (Fsp3) is 0.455. The lowest BCUT2D eigenvalue weighted by molar-refractivity contribution is 0.122. The maximum Gasteiger partial charge on any atom is 0.148 e. The summed E-state index contributed by atoms with van der Waals surface area (Å²) in [5.74, 6) is 0. The lowest BCUT2D eigenvalue weighted by atomic mass is 9.88. The summed E-state index contributed by atoms with van der Waals surface area (Å²) in [7, 11) is 0. The predicted molar refractivity (Wildman–Crippen MR) is 51.3 cm³/mol. The first-order valence-corrected chi connectivity index (χ1v) is 4.76. The van der Waals surface area contributed by atoms with E-state index in [9.17, 15) is 4.39 Å². The van der Waals surface area contributed by atoms with E-state index in [-0.39, 0.29) is 0 Å². The van der Waals surface area contributed by atoms with Gasteiger partial charge in [0.25, 0.3) is 0 Å². The number of halogens is 1. The van der Waals surface area contributed by atoms with E-state index < -0.39 is 5.67 Å². The van der Waals surface area contributed by atoms with Crippen molar-refractivity contribution in [3.8, 4) is 0 Å². The monoisotopic (exact) mass is 179 g/mol. The average Bonchev–Trinajstić information content (AvgIpc) is 2.20. The van der Waals surface area contributed by atoms with Crippen molar-refractivity contribution in [3.63, 3.8) is 0 Å². The molecule has 2 heteroatoms. The lowest BCUT2D eigenvalue weighted by Gasteiger charge is -2.30. The van der Waals surface area contributed by atoms with Gasteiger partial charge in [-0.15, -0.1) is 0 Å². The third-order valence-electron chi connectivity index (χ3n) is 2.62. The summed E-state index contributed by atoms with van der Waals surface area (Å²) < 4.78 is 14.2. The van der Waals surface area contributed by atoms with Gasteiger partial charge in [-0.25, -0.2) is 4.39 Å². The van der Waals surface area contributed by atoms with Gasteiger partial charge in [-0.1, -0.05) is 30.3 Å². The number of nitrogens with one attached hydrogen (secondary N) is 1. The number of hydrogen-bond donors (Lipinski definition) is 1. The lowest BCUT2D eigenvalue weighted by Crippen LogP contribution is -2.39. The molecule has 13 heavy (non-hydrogen) atoms. The molecule has 1 nitrogen and oxygen atoms in total. The Morgan fingerprint density at radius 2 is 2.00 bits per heavy atom. The molecule has 1 N–H and O–H groups in total. The smallest absolute Gasteiger partial charge is 0.148 e. The van der Waals surface area contributed by atoms with E-state index in [1.54, 1.807) is 0 Å². The van der Waals surface area contributed by atoms with Crippen LogP contribution in [0.4, 0.5) is 4.39 Å². The van der Waals surface area contributed by atoms with Crippen molar-refractivity contribution >= 4 is 0 Å². The molecule has 0 bridgehead atoms. The van der Waals surface area contributed by atoms with E-state index in [0.717, 1.165) is 18.5 Å². The Balaban J connectivity index is 2.23. The quantitative estimate of drug-likeness (QED) is 0.697. The standard InChI is InChI=1S/C11H14FN/c12-11(7-4-8-13-9-11)10-5-2-1-3-6-10/h1-3,5-6,13H,4,7-9H2/t11-/m0/s1. The molecule has 1 aromatic carbocycles. The van der Waals surface area contributed by atoms with Gasteiger partial charge in [0.1, 0.15) is 5.67 Å². The number of piperidine rings is 1. The van der Waals surface area contributed by atoms with Crippen LogP contribution in [0.3, 0.4) is 0 Å². The molecule has 0 unspecified atom stereocenters. The van der Waals surface area contributed by atoms with Gasteiger partial charge in [0.15, 0.2) is 0 Å². The first-order valence-electron chi connectivity index (χ1n) is 4.76. The van der Waals surface area contributed by atoms with Crippen molar-refractivity contribution in [1.82, 2.24) is 5.32 Å². The van der Waals surface area contributed by atoms with Crippen LogP contribution in [-0.2, 0) is 5.67 Å². The molecule has 1 aliphatic heterocycles. The Bertz CT molecular complexity index is 265. The molecule has 1 heterocycles. The molecule has 0 amide bonds. The minimum atomic E-state index is -1.14. The molecule has 1 atom stereocenters. The minimum Gasteiger partial charge on any atom is -0.313 e. The Morgan fingerprint density at radius 3 is 2.62 bits per heavy atom. The van der Waals surface area contributed by atoms with Crippen molar-refractivity contribution in [3.05, 3.63) is 35.9 Å². The van der Waals surface area contributed by atoms with Gasteiger partial charge >= 0.3 is 0 Å². The molecule has 70 valence electrons. The molecular weight excluding hydrogens is 165 g/mol. The van der Waals surface area contributed by atoms with E-state index in [0.29, 0.717) is 13.0 Å². The summed E-state index contributed by atoms with van der Waals surface area (Å²) in [4.78, 5) is 0. The summed E-state index contributed by atoms with van der Waals surface area (Å²) in [6.45, 7) is 1.40. The van der Waals surface area contributed by atoms with Gasteiger partial charge in [-0.3, -0.25) is 0 Å². The van der Waals surface area contributed by atoms with Crippen molar-refractivity contribution in [2.24, 2.45) is 0 Å². The van der Waals surface area contributed by atoms with E-state index in [1.165, 1.54) is 0 Å². The van der Waals surface area contributed by atoms with Gasteiger partial charge in [0.05, 0.1) is 0 Å². The fourth-order valence-corrected chi connectivity index (χ4v) is 1.85. The highest BCUT2D eigenvalue weighted by Gasteiger charge is 2.33. The summed E-state index contributed by atoms with van der Waals surface area (Å²) in [6, 6.07) is 9.44. The molecule has 0 aromatic heterocycles. The molecule has 0 radical (unpaired) electrons. The predicted octanol–water partition coefficient (Wildman–Crippen LogP) is 2.23. The molecule has 1 aliphatic rings. The number of rotatable bonds is 1. The zero-order valence-electron chi connectivity index (χ0n) is 7.59. The second-order valence-electron chi connectivity index (χ2n) is 3.61. The van der Waals surface area contributed by atoms with Crippen LogP contribution < -0.4 is 5.32 Å². The summed E-state index contributed by atoms with van der Waals surface area (Å²) in [5.41, 5.74) is -0.332. The van der Waals surface area contributed by atoms with Gasteiger partial charge in [-0.2, -0.15) is 0 Å². The number of hydrogen-bond acceptors (Lipinski definition) is 1. The first-order chi connectivity index (χ1) is 6.31. The van der Waals surface area contributed by atoms with E-state index in [4.69, 9.17) is 0 Å². The number of alkyl halides is 1. The van der Waals surface area contributed by atoms with Gasteiger partial charge in [-0.05, 0) is 24.9 Å². The van der Waals surface area contributed by atoms with Crippen molar-refractivity contribution in [2.75, 3.05) is 13.1 Å². The highest BCUT2D eigenvalue weighted by molar-refractivity contribution is 5.23. The van der Waals surface area contributed by atoms with Crippen LogP contribution in [0.25, 0.3) is 0 Å². The third kappa shape index (κ3) is 1.73. The highest BCUT2D eigenvalue weighted by Crippen LogP contribution is 2.32. The van der Waals surface area contributed by atoms with Crippen LogP contribution >= 0.6 is 0 Å². The van der Waals surface area contributed by atoms with Gasteiger partial charge < -0.3 is 5.32 Å². The van der Waals surface area contributed by atoms with Crippen LogP contribution in [0.2, 0.25) is 0 Å². The molecular formula is C11H14FN. The average molecular weight is 179 g/mol. The molecule has 2 rings (SSSR count). The molecule has 1 aromatic rings. The Kier molecular flexibility index (Phi) is 2.32. The van der Waals surface area contributed by atoms with Crippen molar-refractivity contribution in [2.45, 2.75) is 18.5 Å². The SMILES string of the molecule is F[C@@]1(c2ccccc2)CCCNC1. The van der Waals surface area contributed by atoms with Crippen LogP contribution in [0.1, 0.15) is 18.4 Å². The van der Waals surface area contributed by atoms with Crippen molar-refractivity contribution < 1.29 is 4.39 Å². The van der Waals surface area contributed by atoms with E-state index in [1.807, 2.05) is 30.3 Å². The van der Waals surface area contributed by atoms with Crippen LogP contribution in [0.5, 0.6) is 0 Å².